The lowest BCUT2D eigenvalue weighted by atomic mass is 10.1. The maximum atomic E-state index is 12.3. The second-order valence-electron chi connectivity index (χ2n) is 4.64. The van der Waals surface area contributed by atoms with E-state index in [0.717, 1.165) is 5.56 Å². The van der Waals surface area contributed by atoms with Gasteiger partial charge in [-0.25, -0.2) is 4.79 Å². The van der Waals surface area contributed by atoms with Gasteiger partial charge in [0.15, 0.2) is 0 Å². The second kappa shape index (κ2) is 5.61. The predicted molar refractivity (Wildman–Crippen MR) is 79.3 cm³/mol. The average Bonchev–Trinajstić information content (AvgIpc) is 2.62. The zero-order valence-electron chi connectivity index (χ0n) is 11.8. The van der Waals surface area contributed by atoms with Gasteiger partial charge < -0.3 is 14.8 Å². The molecular formula is C15H14ClNO4. The lowest BCUT2D eigenvalue weighted by Gasteiger charge is -2.09. The number of hydrogen-bond acceptors (Lipinski definition) is 3. The standard InChI is InChI=1S/C15H14ClNO4/c1-7-8(2)21-9(3)12(7)14(18)17-11-6-4-5-10(16)13(11)15(19)20/h4-6H,1-3H3,(H,17,18)(H,19,20). The lowest BCUT2D eigenvalue weighted by molar-refractivity contribution is 0.0698. The fraction of sp³-hybridized carbons (Fsp3) is 0.200. The quantitative estimate of drug-likeness (QED) is 0.903. The maximum absolute atomic E-state index is 12.3. The van der Waals surface area contributed by atoms with Crippen LogP contribution < -0.4 is 5.32 Å². The molecular weight excluding hydrogens is 294 g/mol. The zero-order chi connectivity index (χ0) is 15.7. The topological polar surface area (TPSA) is 79.5 Å². The number of carbonyl (C=O) groups excluding carboxylic acids is 1. The number of nitrogens with one attached hydrogen (secondary N) is 1. The molecule has 0 saturated carbocycles. The average molecular weight is 308 g/mol. The minimum atomic E-state index is -1.20. The Balaban J connectivity index is 2.41. The molecule has 0 saturated heterocycles. The Morgan fingerprint density at radius 1 is 1.14 bits per heavy atom. The Bertz CT molecular complexity index is 734. The molecule has 1 amide bonds. The minimum absolute atomic E-state index is 0.0668. The first-order valence-corrected chi connectivity index (χ1v) is 6.60. The number of aromatic carboxylic acids is 1. The lowest BCUT2D eigenvalue weighted by Crippen LogP contribution is -2.16. The van der Waals surface area contributed by atoms with Crippen molar-refractivity contribution in [2.75, 3.05) is 5.32 Å². The van der Waals surface area contributed by atoms with Gasteiger partial charge in [-0.1, -0.05) is 17.7 Å². The molecule has 0 aliphatic rings. The smallest absolute Gasteiger partial charge is 0.339 e. The van der Waals surface area contributed by atoms with Crippen molar-refractivity contribution in [1.29, 1.82) is 0 Å². The summed E-state index contributed by atoms with van der Waals surface area (Å²) in [6.07, 6.45) is 0. The van der Waals surface area contributed by atoms with Crippen molar-refractivity contribution in [3.8, 4) is 0 Å². The third kappa shape index (κ3) is 2.78. The van der Waals surface area contributed by atoms with E-state index < -0.39 is 11.9 Å². The van der Waals surface area contributed by atoms with Crippen LogP contribution in [0.4, 0.5) is 5.69 Å². The Morgan fingerprint density at radius 3 is 2.33 bits per heavy atom. The molecule has 1 aromatic heterocycles. The molecule has 0 aliphatic heterocycles. The van der Waals surface area contributed by atoms with Gasteiger partial charge in [0, 0.05) is 5.56 Å². The zero-order valence-corrected chi connectivity index (χ0v) is 12.5. The Labute approximate surface area is 126 Å². The molecule has 2 N–H and O–H groups in total. The monoisotopic (exact) mass is 307 g/mol. The number of benzene rings is 1. The van der Waals surface area contributed by atoms with Gasteiger partial charge >= 0.3 is 5.97 Å². The van der Waals surface area contributed by atoms with Crippen molar-refractivity contribution >= 4 is 29.2 Å². The van der Waals surface area contributed by atoms with E-state index in [0.29, 0.717) is 17.1 Å². The van der Waals surface area contributed by atoms with Crippen LogP contribution in [-0.2, 0) is 0 Å². The molecule has 5 nitrogen and oxygen atoms in total. The van der Waals surface area contributed by atoms with E-state index in [1.165, 1.54) is 12.1 Å². The van der Waals surface area contributed by atoms with Gasteiger partial charge in [-0.15, -0.1) is 0 Å². The number of anilines is 1. The molecule has 2 aromatic rings. The molecule has 0 fully saturated rings. The third-order valence-corrected chi connectivity index (χ3v) is 3.58. The van der Waals surface area contributed by atoms with Crippen molar-refractivity contribution in [1.82, 2.24) is 0 Å². The molecule has 0 spiro atoms. The van der Waals surface area contributed by atoms with Crippen LogP contribution in [0.25, 0.3) is 0 Å². The summed E-state index contributed by atoms with van der Waals surface area (Å²) >= 11 is 5.87. The summed E-state index contributed by atoms with van der Waals surface area (Å²) in [6.45, 7) is 5.23. The SMILES string of the molecule is Cc1oc(C)c(C(=O)Nc2cccc(Cl)c2C(=O)O)c1C. The van der Waals surface area contributed by atoms with Gasteiger partial charge in [0.2, 0.25) is 0 Å². The van der Waals surface area contributed by atoms with E-state index in [2.05, 4.69) is 5.32 Å². The van der Waals surface area contributed by atoms with Crippen LogP contribution in [0, 0.1) is 20.8 Å². The Hall–Kier alpha value is -2.27. The number of carboxylic acid groups (broad SMARTS) is 1. The summed E-state index contributed by atoms with van der Waals surface area (Å²) in [5.74, 6) is -0.483. The number of furan rings is 1. The van der Waals surface area contributed by atoms with E-state index in [9.17, 15) is 14.7 Å². The van der Waals surface area contributed by atoms with Gasteiger partial charge in [-0.3, -0.25) is 4.79 Å². The Kier molecular flexibility index (Phi) is 4.04. The summed E-state index contributed by atoms with van der Waals surface area (Å²) in [6, 6.07) is 4.52. The molecule has 6 heteroatoms. The minimum Gasteiger partial charge on any atom is -0.478 e. The van der Waals surface area contributed by atoms with Crippen LogP contribution in [0.2, 0.25) is 5.02 Å². The fourth-order valence-corrected chi connectivity index (χ4v) is 2.41. The number of rotatable bonds is 3. The molecule has 21 heavy (non-hydrogen) atoms. The fourth-order valence-electron chi connectivity index (χ4n) is 2.16. The van der Waals surface area contributed by atoms with Crippen LogP contribution >= 0.6 is 11.6 Å². The Morgan fingerprint density at radius 2 is 1.81 bits per heavy atom. The highest BCUT2D eigenvalue weighted by atomic mass is 35.5. The van der Waals surface area contributed by atoms with Crippen LogP contribution in [0.5, 0.6) is 0 Å². The summed E-state index contributed by atoms with van der Waals surface area (Å²) in [4.78, 5) is 23.6. The molecule has 2 rings (SSSR count). The molecule has 0 radical (unpaired) electrons. The van der Waals surface area contributed by atoms with E-state index in [4.69, 9.17) is 16.0 Å². The molecule has 0 bridgehead atoms. The number of halogens is 1. The molecule has 1 heterocycles. The van der Waals surface area contributed by atoms with Gasteiger partial charge in [0.25, 0.3) is 5.91 Å². The first kappa shape index (κ1) is 15.1. The highest BCUT2D eigenvalue weighted by Crippen LogP contribution is 2.26. The largest absolute Gasteiger partial charge is 0.478 e. The highest BCUT2D eigenvalue weighted by Gasteiger charge is 2.21. The van der Waals surface area contributed by atoms with E-state index in [-0.39, 0.29) is 16.3 Å². The molecule has 0 unspecified atom stereocenters. The number of hydrogen-bond donors (Lipinski definition) is 2. The van der Waals surface area contributed by atoms with Crippen LogP contribution in [0.15, 0.2) is 22.6 Å². The summed E-state index contributed by atoms with van der Waals surface area (Å²) in [5, 5.41) is 11.8. The van der Waals surface area contributed by atoms with Gasteiger partial charge in [-0.05, 0) is 32.9 Å². The van der Waals surface area contributed by atoms with Crippen molar-refractivity contribution < 1.29 is 19.1 Å². The number of carbonyl (C=O) groups is 2. The van der Waals surface area contributed by atoms with Gasteiger partial charge in [-0.2, -0.15) is 0 Å². The van der Waals surface area contributed by atoms with Crippen LogP contribution in [0.3, 0.4) is 0 Å². The van der Waals surface area contributed by atoms with E-state index >= 15 is 0 Å². The molecule has 1 aromatic carbocycles. The van der Waals surface area contributed by atoms with Gasteiger partial charge in [0.1, 0.15) is 17.1 Å². The highest BCUT2D eigenvalue weighted by molar-refractivity contribution is 6.34. The predicted octanol–water partition coefficient (Wildman–Crippen LogP) is 3.81. The van der Waals surface area contributed by atoms with E-state index in [1.807, 2.05) is 0 Å². The van der Waals surface area contributed by atoms with Gasteiger partial charge in [0.05, 0.1) is 16.3 Å². The summed E-state index contributed by atoms with van der Waals surface area (Å²) < 4.78 is 5.40. The number of carboxylic acids is 1. The molecule has 110 valence electrons. The first-order chi connectivity index (χ1) is 9.82. The molecule has 0 atom stereocenters. The van der Waals surface area contributed by atoms with Crippen molar-refractivity contribution in [2.24, 2.45) is 0 Å². The third-order valence-electron chi connectivity index (χ3n) is 3.26. The van der Waals surface area contributed by atoms with Crippen LogP contribution in [0.1, 0.15) is 37.8 Å². The van der Waals surface area contributed by atoms with Crippen molar-refractivity contribution in [3.63, 3.8) is 0 Å². The molecule has 0 aliphatic carbocycles. The van der Waals surface area contributed by atoms with Crippen molar-refractivity contribution in [2.45, 2.75) is 20.8 Å². The summed E-state index contributed by atoms with van der Waals surface area (Å²) in [5.41, 5.74) is 1.15. The number of aryl methyl sites for hydroxylation is 2. The normalized spacial score (nSPS) is 10.5. The van der Waals surface area contributed by atoms with Crippen LogP contribution in [-0.4, -0.2) is 17.0 Å². The van der Waals surface area contributed by atoms with Crippen molar-refractivity contribution in [3.05, 3.63) is 51.4 Å². The van der Waals surface area contributed by atoms with E-state index in [1.54, 1.807) is 26.8 Å². The number of amides is 1. The first-order valence-electron chi connectivity index (χ1n) is 6.22. The summed E-state index contributed by atoms with van der Waals surface area (Å²) in [7, 11) is 0. The second-order valence-corrected chi connectivity index (χ2v) is 5.04. The maximum Gasteiger partial charge on any atom is 0.339 e.